The highest BCUT2D eigenvalue weighted by molar-refractivity contribution is 7.31. The Morgan fingerprint density at radius 1 is 0.688 bits per heavy atom. The molecule has 334 valence electrons. The lowest BCUT2D eigenvalue weighted by molar-refractivity contribution is -0.132. The van der Waals surface area contributed by atoms with E-state index in [0.29, 0.717) is 0 Å². The maximum absolute atomic E-state index is 12.5. The van der Waals surface area contributed by atoms with Gasteiger partial charge < -0.3 is 35.1 Å². The van der Waals surface area contributed by atoms with Gasteiger partial charge in [-0.3, -0.25) is 14.4 Å². The molecule has 15 heteroatoms. The number of nitrogens with zero attached hydrogens (tertiary/aromatic N) is 4. The molecule has 64 heavy (non-hydrogen) atoms. The second kappa shape index (κ2) is 23.7. The number of H-pyrrole nitrogens is 2. The van der Waals surface area contributed by atoms with Crippen LogP contribution in [0.4, 0.5) is 4.79 Å². The molecule has 0 spiro atoms. The Hall–Kier alpha value is -6.58. The number of alkyl carbamates (subject to hydrolysis) is 1. The van der Waals surface area contributed by atoms with E-state index in [1.165, 1.54) is 50.7 Å². The molecule has 6 heterocycles. The third kappa shape index (κ3) is 13.0. The Labute approximate surface area is 382 Å². The highest BCUT2D eigenvalue weighted by Gasteiger charge is 2.29. The molecule has 2 aliphatic heterocycles. The number of benzene rings is 3. The Kier molecular flexibility index (Phi) is 17.4. The SMILES string of the molecule is CC(=O)NCC(=O)N1CCCC1.CCC.COC(=O)NC(C(=O)N1CCCC1)c1ccccc1.c1ncc(-c2ccc(-c3cc4sc(-c5ccc(-c6cnc[nH]6)cc5)cc4s3)cc2)[nH]1. The maximum atomic E-state index is 12.5. The van der Waals surface area contributed by atoms with Gasteiger partial charge in [-0.05, 0) is 65.6 Å². The molecule has 3 aromatic carbocycles. The number of aromatic amines is 2. The number of rotatable bonds is 9. The van der Waals surface area contributed by atoms with E-state index in [-0.39, 0.29) is 24.3 Å². The fraction of sp³-hybridized carbons (Fsp3) is 0.306. The summed E-state index contributed by atoms with van der Waals surface area (Å²) in [5.74, 6) is -0.195. The van der Waals surface area contributed by atoms with Gasteiger partial charge in [-0.1, -0.05) is 99.1 Å². The second-order valence-electron chi connectivity index (χ2n) is 15.3. The van der Waals surface area contributed by atoms with Crippen LogP contribution in [0.2, 0.25) is 0 Å². The molecule has 1 unspecified atom stereocenters. The van der Waals surface area contributed by atoms with Crippen molar-refractivity contribution in [3.05, 3.63) is 122 Å². The van der Waals surface area contributed by atoms with E-state index in [9.17, 15) is 19.2 Å². The molecule has 13 nitrogen and oxygen atoms in total. The molecule has 2 aliphatic rings. The van der Waals surface area contributed by atoms with E-state index < -0.39 is 12.1 Å². The number of hydrogen-bond acceptors (Lipinski definition) is 9. The Balaban J connectivity index is 0.000000171. The largest absolute Gasteiger partial charge is 0.453 e. The van der Waals surface area contributed by atoms with E-state index in [1.807, 2.05) is 65.4 Å². The lowest BCUT2D eigenvalue weighted by Gasteiger charge is -2.23. The number of amides is 4. The summed E-state index contributed by atoms with van der Waals surface area (Å²) in [6, 6.07) is 30.4. The van der Waals surface area contributed by atoms with Gasteiger partial charge in [0, 0.05) is 52.3 Å². The second-order valence-corrected chi connectivity index (χ2v) is 17.4. The van der Waals surface area contributed by atoms with Gasteiger partial charge >= 0.3 is 6.09 Å². The highest BCUT2D eigenvalue weighted by Crippen LogP contribution is 2.42. The van der Waals surface area contributed by atoms with Gasteiger partial charge in [0.2, 0.25) is 17.7 Å². The molecule has 7 aromatic rings. The first-order chi connectivity index (χ1) is 31.2. The zero-order chi connectivity index (χ0) is 45.3. The Morgan fingerprint density at radius 2 is 1.14 bits per heavy atom. The van der Waals surface area contributed by atoms with Crippen molar-refractivity contribution in [3.8, 4) is 43.4 Å². The molecular weight excluding hydrogens is 845 g/mol. The number of thiophene rings is 2. The van der Waals surface area contributed by atoms with E-state index in [0.717, 1.165) is 79.9 Å². The summed E-state index contributed by atoms with van der Waals surface area (Å²) in [6.07, 6.45) is 12.0. The minimum atomic E-state index is -0.674. The van der Waals surface area contributed by atoms with Crippen molar-refractivity contribution in [3.63, 3.8) is 0 Å². The number of methoxy groups -OCH3 is 1. The van der Waals surface area contributed by atoms with E-state index in [1.54, 1.807) is 22.5 Å². The number of carbonyl (C=O) groups excluding carboxylic acids is 4. The zero-order valence-corrected chi connectivity index (χ0v) is 38.4. The monoisotopic (exact) mass is 900 g/mol. The average molecular weight is 901 g/mol. The van der Waals surface area contributed by atoms with Crippen LogP contribution in [-0.4, -0.2) is 93.4 Å². The molecule has 2 saturated heterocycles. The quantitative estimate of drug-likeness (QED) is 0.112. The third-order valence-corrected chi connectivity index (χ3v) is 12.7. The summed E-state index contributed by atoms with van der Waals surface area (Å²) in [5, 5.41) is 5.10. The molecular formula is C49H56N8O5S2. The van der Waals surface area contributed by atoms with E-state index >= 15 is 0 Å². The standard InChI is InChI=1S/C24H16N4S2.C14H18N2O3.C8H14N2O2.C3H8/c1-5-17(6-2-15(1)19-11-25-13-27-19)21-9-23-24(29-21)10-22(30-23)18-7-3-16(4-8-18)20-12-26-14-28-20;1-19-14(18)15-12(11-7-3-2-4-8-11)13(17)16-9-5-6-10-16;1-7(11)9-6-8(12)10-4-2-3-5-10;1-3-2/h1-14H,(H,25,27)(H,26,28);2-4,7-8,12H,5-6,9-10H2,1H3,(H,15,18);2-6H2,1H3,(H,9,11);3H2,1-2H3. The number of imidazole rings is 2. The molecule has 4 amide bonds. The van der Waals surface area contributed by atoms with Crippen molar-refractivity contribution < 1.29 is 23.9 Å². The van der Waals surface area contributed by atoms with Crippen molar-refractivity contribution in [2.24, 2.45) is 0 Å². The van der Waals surface area contributed by atoms with Crippen LogP contribution in [0.5, 0.6) is 0 Å². The molecule has 0 saturated carbocycles. The zero-order valence-electron chi connectivity index (χ0n) is 36.8. The third-order valence-electron chi connectivity index (χ3n) is 10.4. The first-order valence-corrected chi connectivity index (χ1v) is 23.2. The summed E-state index contributed by atoms with van der Waals surface area (Å²) in [5.41, 5.74) is 7.64. The maximum Gasteiger partial charge on any atom is 0.407 e. The smallest absolute Gasteiger partial charge is 0.407 e. The molecule has 0 aliphatic carbocycles. The molecule has 0 radical (unpaired) electrons. The molecule has 0 bridgehead atoms. The number of aromatic nitrogens is 4. The van der Waals surface area contributed by atoms with Gasteiger partial charge in [-0.25, -0.2) is 14.8 Å². The lowest BCUT2D eigenvalue weighted by Crippen LogP contribution is -2.41. The predicted molar refractivity (Wildman–Crippen MR) is 257 cm³/mol. The van der Waals surface area contributed by atoms with Crippen molar-refractivity contribution in [1.29, 1.82) is 0 Å². The van der Waals surface area contributed by atoms with Crippen molar-refractivity contribution in [1.82, 2.24) is 40.4 Å². The van der Waals surface area contributed by atoms with Gasteiger partial charge in [0.25, 0.3) is 0 Å². The molecule has 2 fully saturated rings. The van der Waals surface area contributed by atoms with Gasteiger partial charge in [0.1, 0.15) is 6.04 Å². The van der Waals surface area contributed by atoms with Crippen molar-refractivity contribution >= 4 is 55.9 Å². The summed E-state index contributed by atoms with van der Waals surface area (Å²) < 4.78 is 7.26. The van der Waals surface area contributed by atoms with Gasteiger partial charge in [0.05, 0.1) is 50.1 Å². The predicted octanol–water partition coefficient (Wildman–Crippen LogP) is 9.94. The fourth-order valence-electron chi connectivity index (χ4n) is 7.08. The number of hydrogen-bond donors (Lipinski definition) is 4. The van der Waals surface area contributed by atoms with Gasteiger partial charge in [-0.15, -0.1) is 22.7 Å². The first-order valence-electron chi connectivity index (χ1n) is 21.6. The lowest BCUT2D eigenvalue weighted by atomic mass is 10.1. The summed E-state index contributed by atoms with van der Waals surface area (Å²) in [7, 11) is 1.29. The van der Waals surface area contributed by atoms with Crippen molar-refractivity contribution in [2.75, 3.05) is 39.8 Å². The number of carbonyl (C=O) groups is 4. The molecule has 9 rings (SSSR count). The first kappa shape index (κ1) is 46.9. The molecule has 1 atom stereocenters. The van der Waals surface area contributed by atoms with Crippen LogP contribution >= 0.6 is 22.7 Å². The van der Waals surface area contributed by atoms with Crippen LogP contribution in [0.3, 0.4) is 0 Å². The normalized spacial score (nSPS) is 13.4. The van der Waals surface area contributed by atoms with E-state index in [4.69, 9.17) is 0 Å². The Bertz CT molecular complexity index is 2370. The Morgan fingerprint density at radius 3 is 1.56 bits per heavy atom. The van der Waals surface area contributed by atoms with Crippen molar-refractivity contribution in [2.45, 2.75) is 58.9 Å². The number of nitrogens with one attached hydrogen (secondary N) is 4. The van der Waals surface area contributed by atoms with Crippen LogP contribution in [0, 0.1) is 0 Å². The minimum absolute atomic E-state index is 0.0303. The molecule has 4 aromatic heterocycles. The average Bonchev–Trinajstić information content (AvgIpc) is 4.17. The summed E-state index contributed by atoms with van der Waals surface area (Å²) in [6.45, 7) is 9.01. The minimum Gasteiger partial charge on any atom is -0.453 e. The molecule has 4 N–H and O–H groups in total. The van der Waals surface area contributed by atoms with Gasteiger partial charge in [0.15, 0.2) is 0 Å². The van der Waals surface area contributed by atoms with Crippen LogP contribution < -0.4 is 10.6 Å². The summed E-state index contributed by atoms with van der Waals surface area (Å²) in [4.78, 5) is 66.3. The topological polar surface area (TPSA) is 165 Å². The van der Waals surface area contributed by atoms with Crippen LogP contribution in [0.15, 0.2) is 116 Å². The number of likely N-dealkylation sites (tertiary alicyclic amines) is 2. The number of ether oxygens (including phenoxy) is 1. The van der Waals surface area contributed by atoms with Crippen LogP contribution in [0.25, 0.3) is 52.8 Å². The van der Waals surface area contributed by atoms with E-state index in [2.05, 4.69) is 110 Å². The highest BCUT2D eigenvalue weighted by atomic mass is 32.1. The number of fused-ring (bicyclic) bond motifs is 1. The fourth-order valence-corrected chi connectivity index (χ4v) is 9.49. The van der Waals surface area contributed by atoms with Crippen LogP contribution in [0.1, 0.15) is 64.5 Å². The summed E-state index contributed by atoms with van der Waals surface area (Å²) >= 11 is 3.69. The van der Waals surface area contributed by atoms with Gasteiger partial charge in [-0.2, -0.15) is 0 Å². The van der Waals surface area contributed by atoms with Crippen LogP contribution in [-0.2, 0) is 19.1 Å².